The van der Waals surface area contributed by atoms with Crippen molar-refractivity contribution in [1.29, 1.82) is 0 Å². The molecule has 5 atom stereocenters. The number of carbonyl (C=O) groups excluding carboxylic acids is 2. The quantitative estimate of drug-likeness (QED) is 0.235. The van der Waals surface area contributed by atoms with Crippen LogP contribution in [-0.4, -0.2) is 86.7 Å². The molecule has 5 unspecified atom stereocenters. The fourth-order valence-corrected chi connectivity index (χ4v) is 8.02. The van der Waals surface area contributed by atoms with Crippen LogP contribution in [0.3, 0.4) is 0 Å². The minimum Gasteiger partial charge on any atom is -0.443 e. The Hall–Kier alpha value is -3.49. The van der Waals surface area contributed by atoms with Gasteiger partial charge in [-0.3, -0.25) is 4.79 Å². The van der Waals surface area contributed by atoms with Crippen LogP contribution in [0.25, 0.3) is 5.57 Å². The molecule has 2 aromatic carbocycles. The van der Waals surface area contributed by atoms with E-state index in [1.165, 1.54) is 16.4 Å². The molecule has 0 radical (unpaired) electrons. The average Bonchev–Trinajstić information content (AvgIpc) is 3.71. The molecule has 0 bridgehead atoms. The molecule has 12 nitrogen and oxygen atoms in total. The van der Waals surface area contributed by atoms with Crippen LogP contribution in [-0.2, 0) is 35.4 Å². The lowest BCUT2D eigenvalue weighted by Crippen LogP contribution is -2.51. The SMILES string of the molecule is CC(NC(C)C)=C1C(=O)Nc2ccc(S(=O)(=O)N(CC(C)C)CC(O)C(Cc3ccccc3)NC(=O)OC3COC4OCCC34)cc21. The Morgan fingerprint density at radius 3 is 2.53 bits per heavy atom. The van der Waals surface area contributed by atoms with Gasteiger partial charge in [-0.05, 0) is 63.3 Å². The first-order valence-corrected chi connectivity index (χ1v) is 17.6. The molecule has 0 aromatic heterocycles. The number of aliphatic hydroxyl groups is 1. The van der Waals surface area contributed by atoms with E-state index in [-0.39, 0.29) is 61.1 Å². The van der Waals surface area contributed by atoms with Crippen molar-refractivity contribution in [2.24, 2.45) is 11.8 Å². The van der Waals surface area contributed by atoms with Gasteiger partial charge in [0, 0.05) is 36.1 Å². The molecule has 0 aliphatic carbocycles. The predicted molar refractivity (Wildman–Crippen MR) is 177 cm³/mol. The second-order valence-corrected chi connectivity index (χ2v) is 15.1. The highest BCUT2D eigenvalue weighted by molar-refractivity contribution is 7.89. The number of allylic oxidation sites excluding steroid dienone is 1. The maximum absolute atomic E-state index is 14.2. The number of carbonyl (C=O) groups is 2. The number of sulfonamides is 1. The Morgan fingerprint density at radius 2 is 1.83 bits per heavy atom. The van der Waals surface area contributed by atoms with Crippen molar-refractivity contribution < 1.29 is 37.3 Å². The summed E-state index contributed by atoms with van der Waals surface area (Å²) in [6.45, 7) is 10.1. The van der Waals surface area contributed by atoms with Crippen LogP contribution in [0.5, 0.6) is 0 Å². The monoisotopic (exact) mass is 670 g/mol. The highest BCUT2D eigenvalue weighted by Gasteiger charge is 2.44. The minimum absolute atomic E-state index is 0.00278. The number of nitrogens with zero attached hydrogens (tertiary/aromatic N) is 1. The Bertz CT molecular complexity index is 1580. The van der Waals surface area contributed by atoms with Crippen molar-refractivity contribution in [1.82, 2.24) is 14.9 Å². The topological polar surface area (TPSA) is 156 Å². The molecular formula is C34H46N4O8S. The first-order valence-electron chi connectivity index (χ1n) is 16.2. The van der Waals surface area contributed by atoms with Gasteiger partial charge in [0.25, 0.3) is 5.91 Å². The van der Waals surface area contributed by atoms with Crippen molar-refractivity contribution in [2.45, 2.75) is 82.9 Å². The zero-order chi connectivity index (χ0) is 33.9. The highest BCUT2D eigenvalue weighted by Crippen LogP contribution is 2.36. The third-order valence-electron chi connectivity index (χ3n) is 8.52. The number of aliphatic hydroxyl groups excluding tert-OH is 1. The second kappa shape index (κ2) is 14.7. The van der Waals surface area contributed by atoms with Gasteiger partial charge >= 0.3 is 6.09 Å². The standard InChI is InChI=1S/C34H46N4O8S/c1-20(2)17-38(47(42,43)24-11-12-27-26(16-24)31(32(40)36-27)22(5)35-21(3)4)18-29(39)28(15-23-9-7-6-8-10-23)37-34(41)46-30-19-45-33-25(30)13-14-44-33/h6-12,16,20-21,25,28-30,33,35,39H,13-15,17-19H2,1-5H3,(H,36,40)(H,37,41). The fraction of sp³-hybridized carbons (Fsp3) is 0.529. The molecule has 47 heavy (non-hydrogen) atoms. The van der Waals surface area contributed by atoms with Crippen molar-refractivity contribution in [3.63, 3.8) is 0 Å². The Labute approximate surface area is 276 Å². The van der Waals surface area contributed by atoms with Crippen LogP contribution in [0.15, 0.2) is 59.1 Å². The molecule has 256 valence electrons. The molecule has 4 N–H and O–H groups in total. The van der Waals surface area contributed by atoms with Crippen molar-refractivity contribution >= 4 is 33.3 Å². The molecule has 2 amide bonds. The summed E-state index contributed by atoms with van der Waals surface area (Å²) in [6, 6.07) is 13.1. The number of hydrogen-bond acceptors (Lipinski definition) is 9. The van der Waals surface area contributed by atoms with E-state index in [1.807, 2.05) is 58.0 Å². The maximum atomic E-state index is 14.2. The number of fused-ring (bicyclic) bond motifs is 2. The van der Waals surface area contributed by atoms with E-state index in [0.29, 0.717) is 29.1 Å². The maximum Gasteiger partial charge on any atom is 0.407 e. The fourth-order valence-electron chi connectivity index (χ4n) is 6.37. The number of benzene rings is 2. The van der Waals surface area contributed by atoms with Crippen molar-refractivity contribution in [3.8, 4) is 0 Å². The molecule has 0 spiro atoms. The van der Waals surface area contributed by atoms with Crippen molar-refractivity contribution in [3.05, 3.63) is 65.4 Å². The first-order chi connectivity index (χ1) is 22.3. The molecule has 2 fully saturated rings. The number of rotatable bonds is 13. The molecule has 0 saturated carbocycles. The van der Waals surface area contributed by atoms with Crippen LogP contribution in [0.1, 0.15) is 52.2 Å². The number of nitrogens with one attached hydrogen (secondary N) is 3. The third kappa shape index (κ3) is 8.15. The summed E-state index contributed by atoms with van der Waals surface area (Å²) in [6.07, 6.45) is -1.91. The smallest absolute Gasteiger partial charge is 0.407 e. The van der Waals surface area contributed by atoms with E-state index in [1.54, 1.807) is 13.0 Å². The summed E-state index contributed by atoms with van der Waals surface area (Å²) >= 11 is 0. The summed E-state index contributed by atoms with van der Waals surface area (Å²) in [5.74, 6) is -0.434. The summed E-state index contributed by atoms with van der Waals surface area (Å²) < 4.78 is 46.5. The average molecular weight is 671 g/mol. The van der Waals surface area contributed by atoms with Crippen LogP contribution < -0.4 is 16.0 Å². The normalized spacial score (nSPS) is 23.0. The van der Waals surface area contributed by atoms with E-state index in [4.69, 9.17) is 14.2 Å². The molecular weight excluding hydrogens is 624 g/mol. The lowest BCUT2D eigenvalue weighted by atomic mass is 10.0. The molecule has 2 saturated heterocycles. The first kappa shape index (κ1) is 34.8. The zero-order valence-corrected chi connectivity index (χ0v) is 28.4. The van der Waals surface area contributed by atoms with Gasteiger partial charge in [0.1, 0.15) is 6.10 Å². The largest absolute Gasteiger partial charge is 0.443 e. The molecule has 3 aliphatic heterocycles. The van der Waals surface area contributed by atoms with Crippen LogP contribution in [0, 0.1) is 11.8 Å². The molecule has 3 aliphatic rings. The van der Waals surface area contributed by atoms with Gasteiger partial charge in [0.15, 0.2) is 6.29 Å². The Morgan fingerprint density at radius 1 is 1.09 bits per heavy atom. The van der Waals surface area contributed by atoms with Crippen LogP contribution in [0.4, 0.5) is 10.5 Å². The van der Waals surface area contributed by atoms with Gasteiger partial charge < -0.3 is 35.3 Å². The van der Waals surface area contributed by atoms with E-state index in [2.05, 4.69) is 16.0 Å². The minimum atomic E-state index is -4.15. The highest BCUT2D eigenvalue weighted by atomic mass is 32.2. The van der Waals surface area contributed by atoms with E-state index in [9.17, 15) is 23.1 Å². The number of anilines is 1. The van der Waals surface area contributed by atoms with Crippen LogP contribution in [0.2, 0.25) is 0 Å². The molecule has 5 rings (SSSR count). The number of ether oxygens (including phenoxy) is 3. The molecule has 3 heterocycles. The Balaban J connectivity index is 1.38. The van der Waals surface area contributed by atoms with Gasteiger partial charge in [-0.25, -0.2) is 13.2 Å². The van der Waals surface area contributed by atoms with Gasteiger partial charge in [-0.2, -0.15) is 4.31 Å². The molecule has 13 heteroatoms. The van der Waals surface area contributed by atoms with Gasteiger partial charge in [-0.1, -0.05) is 44.2 Å². The summed E-state index contributed by atoms with van der Waals surface area (Å²) in [4.78, 5) is 26.0. The number of hydrogen-bond donors (Lipinski definition) is 4. The predicted octanol–water partition coefficient (Wildman–Crippen LogP) is 3.47. The summed E-state index contributed by atoms with van der Waals surface area (Å²) in [5.41, 5.74) is 2.89. The lowest BCUT2D eigenvalue weighted by Gasteiger charge is -2.31. The lowest BCUT2D eigenvalue weighted by molar-refractivity contribution is -0.110. The summed E-state index contributed by atoms with van der Waals surface area (Å²) in [5, 5.41) is 20.5. The Kier molecular flexibility index (Phi) is 10.9. The zero-order valence-electron chi connectivity index (χ0n) is 27.6. The number of alkyl carbamates (subject to hydrolysis) is 1. The van der Waals surface area contributed by atoms with Gasteiger partial charge in [0.2, 0.25) is 10.0 Å². The van der Waals surface area contributed by atoms with Crippen molar-refractivity contribution in [2.75, 3.05) is 31.6 Å². The van der Waals surface area contributed by atoms with Gasteiger partial charge in [-0.15, -0.1) is 0 Å². The summed E-state index contributed by atoms with van der Waals surface area (Å²) in [7, 11) is -4.15. The van der Waals surface area contributed by atoms with Gasteiger partial charge in [0.05, 0.1) is 41.7 Å². The second-order valence-electron chi connectivity index (χ2n) is 13.2. The molecule has 2 aromatic rings. The van der Waals surface area contributed by atoms with Crippen LogP contribution >= 0.6 is 0 Å². The number of amides is 2. The third-order valence-corrected chi connectivity index (χ3v) is 10.4. The van der Waals surface area contributed by atoms with E-state index < -0.39 is 34.4 Å². The van der Waals surface area contributed by atoms with E-state index >= 15 is 0 Å². The van der Waals surface area contributed by atoms with E-state index in [0.717, 1.165) is 12.0 Å².